The summed E-state index contributed by atoms with van der Waals surface area (Å²) in [4.78, 5) is 24.3. The summed E-state index contributed by atoms with van der Waals surface area (Å²) in [6, 6.07) is 0. The van der Waals surface area contributed by atoms with Gasteiger partial charge in [0.15, 0.2) is 0 Å². The average Bonchev–Trinajstić information content (AvgIpc) is 2.67. The van der Waals surface area contributed by atoms with Crippen LogP contribution in [0.15, 0.2) is 15.8 Å². The molecule has 1 fully saturated rings. The normalized spacial score (nSPS) is 26.4. The molecule has 124 valence electrons. The second-order valence-corrected chi connectivity index (χ2v) is 4.88. The number of ether oxygens (including phenoxy) is 1. The van der Waals surface area contributed by atoms with Gasteiger partial charge in [-0.2, -0.15) is 22.0 Å². The van der Waals surface area contributed by atoms with Crippen LogP contribution in [0.5, 0.6) is 0 Å². The third kappa shape index (κ3) is 2.65. The van der Waals surface area contributed by atoms with Gasteiger partial charge < -0.3 is 9.84 Å². The Labute approximate surface area is 119 Å². The first-order valence-corrected chi connectivity index (χ1v) is 6.09. The summed E-state index contributed by atoms with van der Waals surface area (Å²) >= 11 is 0. The number of hydrogen-bond donors (Lipinski definition) is 2. The number of aliphatic hydroxyl groups is 1. The second-order valence-electron chi connectivity index (χ2n) is 4.88. The SMILES string of the molecule is C[C@H]1O[C@@H](n2cc(C(F)(F)C(F)(F)F)c(=O)[nH]c2=O)C[C@@H]1O. The molecule has 0 saturated carbocycles. The molecule has 0 amide bonds. The van der Waals surface area contributed by atoms with E-state index in [1.54, 1.807) is 0 Å². The molecule has 6 nitrogen and oxygen atoms in total. The van der Waals surface area contributed by atoms with Crippen LogP contribution < -0.4 is 11.2 Å². The highest BCUT2D eigenvalue weighted by Gasteiger charge is 2.60. The van der Waals surface area contributed by atoms with Crippen molar-refractivity contribution in [2.24, 2.45) is 0 Å². The van der Waals surface area contributed by atoms with E-state index in [9.17, 15) is 36.6 Å². The van der Waals surface area contributed by atoms with Gasteiger partial charge in [-0.1, -0.05) is 0 Å². The fraction of sp³-hybridized carbons (Fsp3) is 0.636. The maximum absolute atomic E-state index is 13.3. The van der Waals surface area contributed by atoms with Gasteiger partial charge in [0.25, 0.3) is 5.56 Å². The molecule has 0 aliphatic carbocycles. The van der Waals surface area contributed by atoms with Gasteiger partial charge in [0.05, 0.1) is 12.2 Å². The zero-order chi connectivity index (χ0) is 16.9. The molecule has 11 heteroatoms. The Kier molecular flexibility index (Phi) is 3.90. The topological polar surface area (TPSA) is 84.3 Å². The van der Waals surface area contributed by atoms with E-state index < -0.39 is 47.3 Å². The smallest absolute Gasteiger partial charge is 0.390 e. The zero-order valence-corrected chi connectivity index (χ0v) is 11.0. The summed E-state index contributed by atoms with van der Waals surface area (Å²) in [7, 11) is 0. The van der Waals surface area contributed by atoms with Crippen LogP contribution in [0, 0.1) is 0 Å². The zero-order valence-electron chi connectivity index (χ0n) is 11.0. The molecule has 0 aromatic carbocycles. The highest BCUT2D eigenvalue weighted by Crippen LogP contribution is 2.42. The van der Waals surface area contributed by atoms with Crippen molar-refractivity contribution in [1.29, 1.82) is 0 Å². The summed E-state index contributed by atoms with van der Waals surface area (Å²) < 4.78 is 69.3. The molecule has 0 unspecified atom stereocenters. The van der Waals surface area contributed by atoms with Crippen LogP contribution in [-0.2, 0) is 10.7 Å². The number of alkyl halides is 5. The van der Waals surface area contributed by atoms with Crippen molar-refractivity contribution in [2.75, 3.05) is 0 Å². The van der Waals surface area contributed by atoms with Gasteiger partial charge in [0, 0.05) is 12.6 Å². The Balaban J connectivity index is 2.54. The van der Waals surface area contributed by atoms with Crippen molar-refractivity contribution in [3.05, 3.63) is 32.6 Å². The van der Waals surface area contributed by atoms with Crippen molar-refractivity contribution in [3.8, 4) is 0 Å². The third-order valence-electron chi connectivity index (χ3n) is 3.33. The molecule has 2 heterocycles. The maximum Gasteiger partial charge on any atom is 0.458 e. The maximum atomic E-state index is 13.3. The number of aromatic amines is 1. The summed E-state index contributed by atoms with van der Waals surface area (Å²) in [6.07, 6.45) is -9.08. The number of aliphatic hydroxyl groups excluding tert-OH is 1. The highest BCUT2D eigenvalue weighted by molar-refractivity contribution is 5.15. The van der Waals surface area contributed by atoms with Gasteiger partial charge in [0.2, 0.25) is 0 Å². The molecule has 0 radical (unpaired) electrons. The number of hydrogen-bond acceptors (Lipinski definition) is 4. The number of halogens is 5. The Hall–Kier alpha value is -1.75. The Morgan fingerprint density at radius 2 is 1.91 bits per heavy atom. The monoisotopic (exact) mass is 330 g/mol. The van der Waals surface area contributed by atoms with E-state index in [0.717, 1.165) is 0 Å². The van der Waals surface area contributed by atoms with E-state index in [1.807, 2.05) is 0 Å². The van der Waals surface area contributed by atoms with Crippen LogP contribution in [0.3, 0.4) is 0 Å². The van der Waals surface area contributed by atoms with Crippen LogP contribution >= 0.6 is 0 Å². The summed E-state index contributed by atoms with van der Waals surface area (Å²) in [6.45, 7) is 1.44. The van der Waals surface area contributed by atoms with Crippen LogP contribution in [0.25, 0.3) is 0 Å². The molecule has 0 bridgehead atoms. The number of nitrogens with zero attached hydrogens (tertiary/aromatic N) is 1. The number of nitrogens with one attached hydrogen (secondary N) is 1. The van der Waals surface area contributed by atoms with E-state index in [2.05, 4.69) is 0 Å². The van der Waals surface area contributed by atoms with E-state index in [1.165, 1.54) is 11.9 Å². The van der Waals surface area contributed by atoms with Gasteiger partial charge in [0.1, 0.15) is 11.8 Å². The Morgan fingerprint density at radius 3 is 2.36 bits per heavy atom. The van der Waals surface area contributed by atoms with Crippen molar-refractivity contribution in [1.82, 2.24) is 9.55 Å². The van der Waals surface area contributed by atoms with E-state index >= 15 is 0 Å². The number of H-pyrrole nitrogens is 1. The van der Waals surface area contributed by atoms with Crippen molar-refractivity contribution in [2.45, 2.75) is 43.9 Å². The third-order valence-corrected chi connectivity index (χ3v) is 3.33. The highest BCUT2D eigenvalue weighted by atomic mass is 19.4. The largest absolute Gasteiger partial charge is 0.458 e. The quantitative estimate of drug-likeness (QED) is 0.788. The minimum atomic E-state index is -5.99. The van der Waals surface area contributed by atoms with Gasteiger partial charge in [-0.05, 0) is 6.92 Å². The second kappa shape index (κ2) is 5.16. The van der Waals surface area contributed by atoms with Crippen molar-refractivity contribution >= 4 is 0 Å². The van der Waals surface area contributed by atoms with Gasteiger partial charge >= 0.3 is 17.8 Å². The van der Waals surface area contributed by atoms with Gasteiger partial charge in [-0.25, -0.2) is 4.79 Å². The summed E-state index contributed by atoms with van der Waals surface area (Å²) in [5.74, 6) is -5.43. The van der Waals surface area contributed by atoms with Gasteiger partial charge in [-0.15, -0.1) is 0 Å². The fourth-order valence-corrected chi connectivity index (χ4v) is 2.05. The van der Waals surface area contributed by atoms with Crippen LogP contribution in [0.4, 0.5) is 22.0 Å². The lowest BCUT2D eigenvalue weighted by atomic mass is 10.1. The minimum Gasteiger partial charge on any atom is -0.390 e. The molecular weight excluding hydrogens is 319 g/mol. The standard InChI is InChI=1S/C11H11F5N2O4/c1-4-6(19)2-7(22-4)18-3-5(8(20)17-9(18)21)10(12,13)11(14,15)16/h3-4,6-7,19H,2H2,1H3,(H,17,20,21)/t4-,6+,7-/m1/s1. The molecule has 1 aliphatic heterocycles. The van der Waals surface area contributed by atoms with Crippen LogP contribution in [0.2, 0.25) is 0 Å². The summed E-state index contributed by atoms with van der Waals surface area (Å²) in [5, 5.41) is 9.49. The van der Waals surface area contributed by atoms with Crippen LogP contribution in [0.1, 0.15) is 25.1 Å². The molecule has 22 heavy (non-hydrogen) atoms. The molecular formula is C11H11F5N2O4. The first-order valence-electron chi connectivity index (χ1n) is 6.09. The first kappa shape index (κ1) is 16.6. The van der Waals surface area contributed by atoms with Gasteiger partial charge in [-0.3, -0.25) is 14.3 Å². The molecule has 3 atom stereocenters. The average molecular weight is 330 g/mol. The van der Waals surface area contributed by atoms with Crippen molar-refractivity contribution in [3.63, 3.8) is 0 Å². The molecule has 0 spiro atoms. The molecule has 2 N–H and O–H groups in total. The lowest BCUT2D eigenvalue weighted by Gasteiger charge is -2.21. The molecule has 1 aromatic rings. The Morgan fingerprint density at radius 1 is 1.32 bits per heavy atom. The molecule has 1 aliphatic rings. The molecule has 1 aromatic heterocycles. The number of aromatic nitrogens is 2. The first-order chi connectivity index (χ1) is 9.95. The fourth-order valence-electron chi connectivity index (χ4n) is 2.05. The minimum absolute atomic E-state index is 0.115. The number of rotatable bonds is 2. The van der Waals surface area contributed by atoms with E-state index in [0.29, 0.717) is 4.57 Å². The van der Waals surface area contributed by atoms with E-state index in [4.69, 9.17) is 4.74 Å². The lowest BCUT2D eigenvalue weighted by molar-refractivity contribution is -0.290. The van der Waals surface area contributed by atoms with Crippen molar-refractivity contribution < 1.29 is 31.8 Å². The predicted molar refractivity (Wildman–Crippen MR) is 61.5 cm³/mol. The lowest BCUT2D eigenvalue weighted by Crippen LogP contribution is -2.43. The van der Waals surface area contributed by atoms with E-state index in [-0.39, 0.29) is 12.6 Å². The van der Waals surface area contributed by atoms with Crippen LogP contribution in [-0.4, -0.2) is 33.0 Å². The predicted octanol–water partition coefficient (Wildman–Crippen LogP) is 0.859. The molecule has 1 saturated heterocycles. The Bertz CT molecular complexity index is 670. The summed E-state index contributed by atoms with van der Waals surface area (Å²) in [5.41, 5.74) is -4.97. The molecule has 2 rings (SSSR count).